The Kier molecular flexibility index (Phi) is 4.16. The number of hydrogen-bond acceptors (Lipinski definition) is 3. The number of nitrogens with zero attached hydrogens (tertiary/aromatic N) is 1. The van der Waals surface area contributed by atoms with Crippen LogP contribution in [0.3, 0.4) is 0 Å². The molecule has 1 fully saturated rings. The van der Waals surface area contributed by atoms with Gasteiger partial charge in [-0.1, -0.05) is 6.42 Å². The number of benzene rings is 1. The molecule has 4 nitrogen and oxygen atoms in total. The Labute approximate surface area is 115 Å². The summed E-state index contributed by atoms with van der Waals surface area (Å²) in [5.74, 6) is 0.732. The van der Waals surface area contributed by atoms with Crippen molar-refractivity contribution < 1.29 is 13.2 Å². The molecule has 2 rings (SSSR count). The number of sulfonamides is 1. The molecular weight excluding hydrogens is 262 g/mol. The van der Waals surface area contributed by atoms with E-state index in [-0.39, 0.29) is 0 Å². The average molecular weight is 283 g/mol. The molecule has 0 aliphatic carbocycles. The van der Waals surface area contributed by atoms with Crippen molar-refractivity contribution in [2.45, 2.75) is 38.0 Å². The first-order valence-electron chi connectivity index (χ1n) is 6.62. The van der Waals surface area contributed by atoms with Gasteiger partial charge in [-0.15, -0.1) is 0 Å². The molecule has 5 heteroatoms. The fraction of sp³-hybridized carbons (Fsp3) is 0.571. The number of aryl methyl sites for hydroxylation is 2. The molecule has 106 valence electrons. The SMILES string of the molecule is COc1cc(C)c(S(=O)(=O)N2CCCCC2)cc1C. The quantitative estimate of drug-likeness (QED) is 0.856. The Balaban J connectivity index is 2.42. The number of piperidine rings is 1. The van der Waals surface area contributed by atoms with Crippen molar-refractivity contribution in [3.05, 3.63) is 23.3 Å². The van der Waals surface area contributed by atoms with Crippen LogP contribution in [0.25, 0.3) is 0 Å². The second-order valence-electron chi connectivity index (χ2n) is 5.05. The molecule has 1 heterocycles. The maximum Gasteiger partial charge on any atom is 0.243 e. The van der Waals surface area contributed by atoms with Crippen LogP contribution in [0, 0.1) is 13.8 Å². The summed E-state index contributed by atoms with van der Waals surface area (Å²) < 4.78 is 32.1. The topological polar surface area (TPSA) is 46.6 Å². The zero-order chi connectivity index (χ0) is 14.0. The van der Waals surface area contributed by atoms with E-state index in [0.29, 0.717) is 18.0 Å². The first-order chi connectivity index (χ1) is 8.96. The molecule has 0 N–H and O–H groups in total. The summed E-state index contributed by atoms with van der Waals surface area (Å²) in [5.41, 5.74) is 1.59. The van der Waals surface area contributed by atoms with Crippen LogP contribution in [0.15, 0.2) is 17.0 Å². The summed E-state index contributed by atoms with van der Waals surface area (Å²) in [6.45, 7) is 4.95. The minimum absolute atomic E-state index is 0.410. The summed E-state index contributed by atoms with van der Waals surface area (Å²) in [5, 5.41) is 0. The molecule has 0 saturated carbocycles. The van der Waals surface area contributed by atoms with Crippen molar-refractivity contribution in [1.29, 1.82) is 0 Å². The fourth-order valence-electron chi connectivity index (χ4n) is 2.51. The van der Waals surface area contributed by atoms with Crippen LogP contribution >= 0.6 is 0 Å². The maximum atomic E-state index is 12.6. The average Bonchev–Trinajstić information content (AvgIpc) is 2.41. The standard InChI is InChI=1S/C14H21NO3S/c1-11-10-14(12(2)9-13(11)18-3)19(16,17)15-7-5-4-6-8-15/h9-10H,4-8H2,1-3H3. The van der Waals surface area contributed by atoms with Crippen molar-refractivity contribution >= 4 is 10.0 Å². The summed E-state index contributed by atoms with van der Waals surface area (Å²) >= 11 is 0. The van der Waals surface area contributed by atoms with Crippen LogP contribution < -0.4 is 4.74 Å². The van der Waals surface area contributed by atoms with Crippen LogP contribution in [0.2, 0.25) is 0 Å². The van der Waals surface area contributed by atoms with Crippen molar-refractivity contribution in [2.75, 3.05) is 20.2 Å². The minimum Gasteiger partial charge on any atom is -0.496 e. The van der Waals surface area contributed by atoms with Gasteiger partial charge >= 0.3 is 0 Å². The molecule has 0 bridgehead atoms. The van der Waals surface area contributed by atoms with Crippen molar-refractivity contribution in [2.24, 2.45) is 0 Å². The lowest BCUT2D eigenvalue weighted by Crippen LogP contribution is -2.36. The third-order valence-corrected chi connectivity index (χ3v) is 5.67. The van der Waals surface area contributed by atoms with Crippen molar-refractivity contribution in [3.63, 3.8) is 0 Å². The molecule has 19 heavy (non-hydrogen) atoms. The van der Waals surface area contributed by atoms with Gasteiger partial charge in [0.05, 0.1) is 12.0 Å². The molecule has 0 unspecified atom stereocenters. The highest BCUT2D eigenvalue weighted by Gasteiger charge is 2.27. The van der Waals surface area contributed by atoms with Gasteiger partial charge in [0.15, 0.2) is 0 Å². The zero-order valence-electron chi connectivity index (χ0n) is 11.8. The molecule has 0 radical (unpaired) electrons. The normalized spacial score (nSPS) is 17.4. The third-order valence-electron chi connectivity index (χ3n) is 3.63. The molecule has 0 spiro atoms. The summed E-state index contributed by atoms with van der Waals surface area (Å²) in [6.07, 6.45) is 3.02. The second-order valence-corrected chi connectivity index (χ2v) is 6.96. The number of rotatable bonds is 3. The first-order valence-corrected chi connectivity index (χ1v) is 8.06. The summed E-state index contributed by atoms with van der Waals surface area (Å²) in [4.78, 5) is 0.410. The van der Waals surface area contributed by atoms with Gasteiger partial charge in [0.25, 0.3) is 0 Å². The molecule has 0 atom stereocenters. The van der Waals surface area contributed by atoms with Crippen molar-refractivity contribution in [3.8, 4) is 5.75 Å². The Morgan fingerprint density at radius 3 is 2.26 bits per heavy atom. The molecule has 1 aliphatic heterocycles. The van der Waals surface area contributed by atoms with Gasteiger partial charge in [0.1, 0.15) is 5.75 Å². The van der Waals surface area contributed by atoms with Gasteiger partial charge in [0, 0.05) is 13.1 Å². The van der Waals surface area contributed by atoms with E-state index in [1.165, 1.54) is 0 Å². The largest absolute Gasteiger partial charge is 0.496 e. The van der Waals surface area contributed by atoms with E-state index in [0.717, 1.165) is 36.1 Å². The van der Waals surface area contributed by atoms with Crippen LogP contribution in [0.1, 0.15) is 30.4 Å². The third kappa shape index (κ3) is 2.77. The van der Waals surface area contributed by atoms with Gasteiger partial charge < -0.3 is 4.74 Å². The zero-order valence-corrected chi connectivity index (χ0v) is 12.6. The van der Waals surface area contributed by atoms with E-state index >= 15 is 0 Å². The van der Waals surface area contributed by atoms with E-state index < -0.39 is 10.0 Å². The first kappa shape index (κ1) is 14.3. The lowest BCUT2D eigenvalue weighted by atomic mass is 10.1. The Hall–Kier alpha value is -1.07. The lowest BCUT2D eigenvalue weighted by molar-refractivity contribution is 0.346. The molecular formula is C14H21NO3S. The smallest absolute Gasteiger partial charge is 0.243 e. The number of hydrogen-bond donors (Lipinski definition) is 0. The number of ether oxygens (including phenoxy) is 1. The van der Waals surface area contributed by atoms with Crippen LogP contribution in [-0.2, 0) is 10.0 Å². The van der Waals surface area contributed by atoms with Gasteiger partial charge in [-0.2, -0.15) is 4.31 Å². The van der Waals surface area contributed by atoms with Gasteiger partial charge in [-0.3, -0.25) is 0 Å². The Bertz CT molecular complexity index is 560. The molecule has 0 aromatic heterocycles. The molecule has 1 aromatic rings. The van der Waals surface area contributed by atoms with Crippen LogP contribution in [0.5, 0.6) is 5.75 Å². The van der Waals surface area contributed by atoms with E-state index in [4.69, 9.17) is 4.74 Å². The second kappa shape index (κ2) is 5.51. The minimum atomic E-state index is -3.36. The van der Waals surface area contributed by atoms with E-state index in [2.05, 4.69) is 0 Å². The molecule has 1 aromatic carbocycles. The summed E-state index contributed by atoms with van der Waals surface area (Å²) in [6, 6.07) is 3.52. The predicted molar refractivity (Wildman–Crippen MR) is 75.1 cm³/mol. The van der Waals surface area contributed by atoms with Crippen molar-refractivity contribution in [1.82, 2.24) is 4.31 Å². The van der Waals surface area contributed by atoms with E-state index in [1.54, 1.807) is 23.5 Å². The Morgan fingerprint density at radius 1 is 1.05 bits per heavy atom. The summed E-state index contributed by atoms with van der Waals surface area (Å²) in [7, 11) is -1.76. The molecule has 0 amide bonds. The number of methoxy groups -OCH3 is 1. The van der Waals surface area contributed by atoms with E-state index in [9.17, 15) is 8.42 Å². The fourth-order valence-corrected chi connectivity index (χ4v) is 4.31. The highest BCUT2D eigenvalue weighted by atomic mass is 32.2. The van der Waals surface area contributed by atoms with Gasteiger partial charge in [-0.25, -0.2) is 8.42 Å². The Morgan fingerprint density at radius 2 is 1.68 bits per heavy atom. The van der Waals surface area contributed by atoms with Gasteiger partial charge in [0.2, 0.25) is 10.0 Å². The maximum absolute atomic E-state index is 12.6. The van der Waals surface area contributed by atoms with Crippen LogP contribution in [0.4, 0.5) is 0 Å². The van der Waals surface area contributed by atoms with Crippen LogP contribution in [-0.4, -0.2) is 32.9 Å². The van der Waals surface area contributed by atoms with E-state index in [1.807, 2.05) is 13.8 Å². The molecule has 1 aliphatic rings. The highest BCUT2D eigenvalue weighted by molar-refractivity contribution is 7.89. The lowest BCUT2D eigenvalue weighted by Gasteiger charge is -2.26. The highest BCUT2D eigenvalue weighted by Crippen LogP contribution is 2.28. The van der Waals surface area contributed by atoms with Gasteiger partial charge in [-0.05, 0) is 49.9 Å². The monoisotopic (exact) mass is 283 g/mol. The molecule has 1 saturated heterocycles. The predicted octanol–water partition coefficient (Wildman–Crippen LogP) is 2.49.